The fraction of sp³-hybridized carbons (Fsp3) is 0.385. The molecule has 1 atom stereocenters. The molecule has 0 radical (unpaired) electrons. The Morgan fingerprint density at radius 3 is 2.84 bits per heavy atom. The van der Waals surface area contributed by atoms with Gasteiger partial charge >= 0.3 is 0 Å². The molecule has 1 aliphatic rings. The monoisotopic (exact) mass is 283 g/mol. The SMILES string of the molecule is C[C@@H](N)C(=O)NCCN1C(=O)Cc2ccccc21.Cl. The molecule has 2 amide bonds. The summed E-state index contributed by atoms with van der Waals surface area (Å²) in [5, 5.41) is 2.70. The van der Waals surface area contributed by atoms with Gasteiger partial charge in [0.15, 0.2) is 0 Å². The number of carbonyl (C=O) groups is 2. The van der Waals surface area contributed by atoms with Gasteiger partial charge in [-0.3, -0.25) is 9.59 Å². The summed E-state index contributed by atoms with van der Waals surface area (Å²) in [7, 11) is 0. The van der Waals surface area contributed by atoms with Crippen molar-refractivity contribution in [1.29, 1.82) is 0 Å². The van der Waals surface area contributed by atoms with Gasteiger partial charge < -0.3 is 16.0 Å². The number of nitrogens with zero attached hydrogens (tertiary/aromatic N) is 1. The van der Waals surface area contributed by atoms with E-state index in [0.29, 0.717) is 19.5 Å². The number of nitrogens with two attached hydrogens (primary N) is 1. The van der Waals surface area contributed by atoms with E-state index < -0.39 is 6.04 Å². The summed E-state index contributed by atoms with van der Waals surface area (Å²) in [5.41, 5.74) is 7.43. The van der Waals surface area contributed by atoms with Crippen molar-refractivity contribution in [2.24, 2.45) is 5.73 Å². The molecule has 6 heteroatoms. The summed E-state index contributed by atoms with van der Waals surface area (Å²) >= 11 is 0. The lowest BCUT2D eigenvalue weighted by Crippen LogP contribution is -2.42. The van der Waals surface area contributed by atoms with Gasteiger partial charge in [-0.2, -0.15) is 0 Å². The zero-order valence-corrected chi connectivity index (χ0v) is 11.6. The fourth-order valence-corrected chi connectivity index (χ4v) is 2.01. The van der Waals surface area contributed by atoms with E-state index in [1.54, 1.807) is 11.8 Å². The molecule has 3 N–H and O–H groups in total. The number of amides is 2. The lowest BCUT2D eigenvalue weighted by Gasteiger charge is -2.18. The first-order chi connectivity index (χ1) is 8.59. The second-order valence-electron chi connectivity index (χ2n) is 4.43. The second-order valence-corrected chi connectivity index (χ2v) is 4.43. The summed E-state index contributed by atoms with van der Waals surface area (Å²) in [5.74, 6) is -0.124. The van der Waals surface area contributed by atoms with Crippen LogP contribution in [0.25, 0.3) is 0 Å². The minimum Gasteiger partial charge on any atom is -0.353 e. The molecule has 19 heavy (non-hydrogen) atoms. The summed E-state index contributed by atoms with van der Waals surface area (Å²) < 4.78 is 0. The van der Waals surface area contributed by atoms with Crippen molar-refractivity contribution in [3.8, 4) is 0 Å². The van der Waals surface area contributed by atoms with E-state index in [4.69, 9.17) is 5.73 Å². The first-order valence-corrected chi connectivity index (χ1v) is 6.01. The number of hydrogen-bond acceptors (Lipinski definition) is 3. The number of anilines is 1. The number of para-hydroxylation sites is 1. The number of halogens is 1. The van der Waals surface area contributed by atoms with Gasteiger partial charge in [-0.1, -0.05) is 18.2 Å². The predicted molar refractivity (Wildman–Crippen MR) is 76.4 cm³/mol. The lowest BCUT2D eigenvalue weighted by molar-refractivity contribution is -0.122. The number of nitrogens with one attached hydrogen (secondary N) is 1. The molecule has 0 aromatic heterocycles. The Morgan fingerprint density at radius 1 is 1.47 bits per heavy atom. The Labute approximate surface area is 118 Å². The van der Waals surface area contributed by atoms with Crippen molar-refractivity contribution in [2.75, 3.05) is 18.0 Å². The maximum atomic E-state index is 11.8. The molecule has 104 valence electrons. The van der Waals surface area contributed by atoms with Crippen LogP contribution < -0.4 is 16.0 Å². The van der Waals surface area contributed by atoms with Crippen LogP contribution in [0.2, 0.25) is 0 Å². The first kappa shape index (κ1) is 15.5. The summed E-state index contributed by atoms with van der Waals surface area (Å²) in [6, 6.07) is 7.19. The quantitative estimate of drug-likeness (QED) is 0.843. The van der Waals surface area contributed by atoms with Gasteiger partial charge in [-0.15, -0.1) is 12.4 Å². The molecule has 0 bridgehead atoms. The highest BCUT2D eigenvalue weighted by Gasteiger charge is 2.26. The van der Waals surface area contributed by atoms with Gasteiger partial charge in [-0.05, 0) is 18.6 Å². The highest BCUT2D eigenvalue weighted by atomic mass is 35.5. The predicted octanol–water partition coefficient (Wildman–Crippen LogP) is 0.461. The molecule has 0 spiro atoms. The highest BCUT2D eigenvalue weighted by molar-refractivity contribution is 6.01. The number of hydrogen-bond donors (Lipinski definition) is 2. The summed E-state index contributed by atoms with van der Waals surface area (Å²) in [6.45, 7) is 2.53. The van der Waals surface area contributed by atoms with Crippen LogP contribution in [0.4, 0.5) is 5.69 Å². The molecule has 1 heterocycles. The molecule has 1 aromatic rings. The van der Waals surface area contributed by atoms with E-state index in [0.717, 1.165) is 11.3 Å². The van der Waals surface area contributed by atoms with Crippen LogP contribution in [0, 0.1) is 0 Å². The maximum Gasteiger partial charge on any atom is 0.236 e. The van der Waals surface area contributed by atoms with Crippen LogP contribution in [0.5, 0.6) is 0 Å². The third-order valence-electron chi connectivity index (χ3n) is 2.97. The van der Waals surface area contributed by atoms with Gasteiger partial charge in [0, 0.05) is 18.8 Å². The third kappa shape index (κ3) is 3.45. The minimum absolute atomic E-state index is 0. The molecule has 0 saturated heterocycles. The number of carbonyl (C=O) groups excluding carboxylic acids is 2. The van der Waals surface area contributed by atoms with Crippen LogP contribution in [-0.2, 0) is 16.0 Å². The van der Waals surface area contributed by atoms with Gasteiger partial charge in [0.25, 0.3) is 0 Å². The molecule has 0 saturated carbocycles. The smallest absolute Gasteiger partial charge is 0.236 e. The fourth-order valence-electron chi connectivity index (χ4n) is 2.01. The second kappa shape index (κ2) is 6.54. The Bertz CT molecular complexity index is 477. The van der Waals surface area contributed by atoms with Crippen LogP contribution in [-0.4, -0.2) is 30.9 Å². The average molecular weight is 284 g/mol. The molecule has 1 aliphatic heterocycles. The van der Waals surface area contributed by atoms with Crippen molar-refractivity contribution in [1.82, 2.24) is 5.32 Å². The molecule has 1 aromatic carbocycles. The maximum absolute atomic E-state index is 11.8. The van der Waals surface area contributed by atoms with Gasteiger partial charge in [0.05, 0.1) is 12.5 Å². The number of benzene rings is 1. The van der Waals surface area contributed by atoms with Crippen LogP contribution in [0.1, 0.15) is 12.5 Å². The normalized spacial score (nSPS) is 14.6. The Hall–Kier alpha value is -1.59. The largest absolute Gasteiger partial charge is 0.353 e. The summed E-state index contributed by atoms with van der Waals surface area (Å²) in [6.07, 6.45) is 0.442. The van der Waals surface area contributed by atoms with E-state index in [9.17, 15) is 9.59 Å². The molecule has 0 aliphatic carbocycles. The van der Waals surface area contributed by atoms with Gasteiger partial charge in [-0.25, -0.2) is 0 Å². The van der Waals surface area contributed by atoms with E-state index in [1.165, 1.54) is 0 Å². The first-order valence-electron chi connectivity index (χ1n) is 6.01. The third-order valence-corrected chi connectivity index (χ3v) is 2.97. The zero-order chi connectivity index (χ0) is 13.1. The molecule has 0 unspecified atom stereocenters. The summed E-state index contributed by atoms with van der Waals surface area (Å²) in [4.78, 5) is 24.8. The van der Waals surface area contributed by atoms with Crippen LogP contribution in [0.15, 0.2) is 24.3 Å². The molecule has 5 nitrogen and oxygen atoms in total. The molecular formula is C13H18ClN3O2. The van der Waals surface area contributed by atoms with Crippen LogP contribution >= 0.6 is 12.4 Å². The molecule has 0 fully saturated rings. The highest BCUT2D eigenvalue weighted by Crippen LogP contribution is 2.27. The Kier molecular flexibility index (Phi) is 5.32. The van der Waals surface area contributed by atoms with Crippen molar-refractivity contribution in [3.05, 3.63) is 29.8 Å². The minimum atomic E-state index is -0.522. The standard InChI is InChI=1S/C13H17N3O2.ClH/c1-9(14)13(18)15-6-7-16-11-5-3-2-4-10(11)8-12(16)17;/h2-5,9H,6-8,14H2,1H3,(H,15,18);1H/t9-;/m1./s1. The molecular weight excluding hydrogens is 266 g/mol. The zero-order valence-electron chi connectivity index (χ0n) is 10.8. The lowest BCUT2D eigenvalue weighted by atomic mass is 10.2. The van der Waals surface area contributed by atoms with Crippen molar-refractivity contribution in [2.45, 2.75) is 19.4 Å². The van der Waals surface area contributed by atoms with Crippen LogP contribution in [0.3, 0.4) is 0 Å². The number of rotatable bonds is 4. The van der Waals surface area contributed by atoms with Crippen molar-refractivity contribution < 1.29 is 9.59 Å². The average Bonchev–Trinajstić information content (AvgIpc) is 2.65. The molecule has 2 rings (SSSR count). The topological polar surface area (TPSA) is 75.4 Å². The van der Waals surface area contributed by atoms with E-state index in [2.05, 4.69) is 5.32 Å². The van der Waals surface area contributed by atoms with Gasteiger partial charge in [0.1, 0.15) is 0 Å². The van der Waals surface area contributed by atoms with E-state index in [-0.39, 0.29) is 24.2 Å². The van der Waals surface area contributed by atoms with E-state index in [1.807, 2.05) is 24.3 Å². The Balaban J connectivity index is 0.00000180. The Morgan fingerprint density at radius 2 is 2.16 bits per heavy atom. The van der Waals surface area contributed by atoms with E-state index >= 15 is 0 Å². The van der Waals surface area contributed by atoms with Crippen molar-refractivity contribution in [3.63, 3.8) is 0 Å². The number of fused-ring (bicyclic) bond motifs is 1. The van der Waals surface area contributed by atoms with Crippen molar-refractivity contribution >= 4 is 29.9 Å². The van der Waals surface area contributed by atoms with Gasteiger partial charge in [0.2, 0.25) is 11.8 Å².